The highest BCUT2D eigenvalue weighted by Crippen LogP contribution is 2.36. The Morgan fingerprint density at radius 1 is 0.690 bits per heavy atom. The molecule has 8 atom stereocenters. The summed E-state index contributed by atoms with van der Waals surface area (Å²) in [5.74, 6) is -1.69. The number of hydrogen-bond donors (Lipinski definition) is 2. The van der Waals surface area contributed by atoms with Crippen LogP contribution < -0.4 is 0 Å². The molecule has 4 fully saturated rings. The lowest BCUT2D eigenvalue weighted by Gasteiger charge is -2.34. The summed E-state index contributed by atoms with van der Waals surface area (Å²) in [5.41, 5.74) is 3.06. The molecule has 2 N–H and O–H groups in total. The first-order chi connectivity index (χ1) is 19.9. The zero-order valence-electron chi connectivity index (χ0n) is 24.6. The van der Waals surface area contributed by atoms with Crippen LogP contribution in [0.1, 0.15) is 44.4 Å². The van der Waals surface area contributed by atoms with E-state index in [2.05, 4.69) is 0 Å². The van der Waals surface area contributed by atoms with Gasteiger partial charge in [-0.2, -0.15) is 0 Å². The second-order valence-electron chi connectivity index (χ2n) is 11.9. The molecule has 4 heterocycles. The summed E-state index contributed by atoms with van der Waals surface area (Å²) < 4.78 is 58.2. The monoisotopic (exact) mass is 592 g/mol. The molecule has 2 aromatic rings. The highest BCUT2D eigenvalue weighted by atomic mass is 19.1. The minimum absolute atomic E-state index is 0.202. The van der Waals surface area contributed by atoms with E-state index in [4.69, 9.17) is 37.9 Å². The number of fused-ring (bicyclic) bond motifs is 2. The lowest BCUT2D eigenvalue weighted by atomic mass is 10.1. The molecule has 0 aromatic heterocycles. The van der Waals surface area contributed by atoms with E-state index < -0.39 is 36.4 Å². The summed E-state index contributed by atoms with van der Waals surface area (Å²) in [5, 5.41) is 20.0. The standard InChI is InChI=1S/C16H22O5.C15H19FO5/c1-10-4-6-11(7-5-10)8-18-14-13-12(9-19-15(14)17)20-16(2,3)21-13;1-15(2)20-11-8-19-14(17)13(12(11)21-15)18-7-9-3-5-10(16)6-4-9/h4-7,12-15,17H,8-9H2,1-3H3;3-6,11-14,17H,7-8H2,1-2H3/t12-,13-,14+,15-;11-,12-,13+,14+/m00/s1. The third-order valence-corrected chi connectivity index (χ3v) is 7.43. The number of rotatable bonds is 6. The van der Waals surface area contributed by atoms with Gasteiger partial charge in [-0.1, -0.05) is 42.0 Å². The molecule has 0 saturated carbocycles. The minimum atomic E-state index is -1.07. The second-order valence-corrected chi connectivity index (χ2v) is 11.9. The van der Waals surface area contributed by atoms with E-state index in [0.29, 0.717) is 13.2 Å². The van der Waals surface area contributed by atoms with Gasteiger partial charge in [0.05, 0.1) is 26.4 Å². The molecule has 10 nitrogen and oxygen atoms in total. The summed E-state index contributed by atoms with van der Waals surface area (Å²) in [7, 11) is 0. The Labute approximate surface area is 245 Å². The molecule has 11 heteroatoms. The van der Waals surface area contributed by atoms with Crippen LogP contribution in [0.15, 0.2) is 48.5 Å². The molecule has 0 aliphatic carbocycles. The molecule has 42 heavy (non-hydrogen) atoms. The van der Waals surface area contributed by atoms with Gasteiger partial charge in [0, 0.05) is 0 Å². The first-order valence-electron chi connectivity index (χ1n) is 14.2. The van der Waals surface area contributed by atoms with E-state index in [0.717, 1.165) is 11.1 Å². The molecule has 4 aliphatic heterocycles. The Kier molecular flexibility index (Phi) is 9.65. The maximum absolute atomic E-state index is 12.9. The van der Waals surface area contributed by atoms with Crippen LogP contribution in [0.25, 0.3) is 0 Å². The van der Waals surface area contributed by atoms with Crippen LogP contribution in [-0.2, 0) is 51.1 Å². The van der Waals surface area contributed by atoms with Crippen molar-refractivity contribution in [3.8, 4) is 0 Å². The van der Waals surface area contributed by atoms with Crippen molar-refractivity contribution in [1.29, 1.82) is 0 Å². The van der Waals surface area contributed by atoms with Gasteiger partial charge in [-0.15, -0.1) is 0 Å². The summed E-state index contributed by atoms with van der Waals surface area (Å²) in [6, 6.07) is 14.1. The Morgan fingerprint density at radius 2 is 1.10 bits per heavy atom. The van der Waals surface area contributed by atoms with E-state index in [-0.39, 0.29) is 43.4 Å². The lowest BCUT2D eigenvalue weighted by Crippen LogP contribution is -2.52. The van der Waals surface area contributed by atoms with E-state index in [1.165, 1.54) is 17.7 Å². The van der Waals surface area contributed by atoms with Crippen LogP contribution >= 0.6 is 0 Å². The van der Waals surface area contributed by atoms with Gasteiger partial charge < -0.3 is 48.1 Å². The van der Waals surface area contributed by atoms with Crippen molar-refractivity contribution < 1.29 is 52.5 Å². The first kappa shape index (κ1) is 31.4. The normalized spacial score (nSPS) is 34.7. The van der Waals surface area contributed by atoms with Gasteiger partial charge in [-0.3, -0.25) is 0 Å². The van der Waals surface area contributed by atoms with Gasteiger partial charge in [-0.25, -0.2) is 4.39 Å². The molecule has 4 aliphatic rings. The number of halogens is 1. The number of ether oxygens (including phenoxy) is 8. The molecule has 0 bridgehead atoms. The molecule has 232 valence electrons. The summed E-state index contributed by atoms with van der Waals surface area (Å²) >= 11 is 0. The fourth-order valence-corrected chi connectivity index (χ4v) is 5.45. The summed E-state index contributed by atoms with van der Waals surface area (Å²) in [6.45, 7) is 10.6. The predicted molar refractivity (Wildman–Crippen MR) is 146 cm³/mol. The third kappa shape index (κ3) is 7.72. The molecular weight excluding hydrogens is 551 g/mol. The molecule has 0 amide bonds. The number of hydrogen-bond acceptors (Lipinski definition) is 10. The Bertz CT molecular complexity index is 1070. The first-order valence-corrected chi connectivity index (χ1v) is 14.2. The van der Waals surface area contributed by atoms with Crippen molar-refractivity contribution in [3.05, 3.63) is 71.0 Å². The average molecular weight is 593 g/mol. The highest BCUT2D eigenvalue weighted by molar-refractivity contribution is 5.20. The average Bonchev–Trinajstić information content (AvgIpc) is 3.43. The van der Waals surface area contributed by atoms with Crippen LogP contribution in [-0.4, -0.2) is 84.2 Å². The second kappa shape index (κ2) is 12.9. The van der Waals surface area contributed by atoms with Crippen molar-refractivity contribution in [2.45, 2.75) is 109 Å². The topological polar surface area (TPSA) is 114 Å². The van der Waals surface area contributed by atoms with Crippen LogP contribution in [0.2, 0.25) is 0 Å². The van der Waals surface area contributed by atoms with Crippen LogP contribution in [0.4, 0.5) is 4.39 Å². The van der Waals surface area contributed by atoms with Gasteiger partial charge in [0.25, 0.3) is 0 Å². The maximum atomic E-state index is 12.9. The van der Waals surface area contributed by atoms with Crippen molar-refractivity contribution in [1.82, 2.24) is 0 Å². The molecule has 6 rings (SSSR count). The van der Waals surface area contributed by atoms with Crippen molar-refractivity contribution in [2.24, 2.45) is 0 Å². The van der Waals surface area contributed by atoms with Crippen LogP contribution in [0.5, 0.6) is 0 Å². The van der Waals surface area contributed by atoms with E-state index in [9.17, 15) is 14.6 Å². The van der Waals surface area contributed by atoms with Crippen molar-refractivity contribution in [3.63, 3.8) is 0 Å². The third-order valence-electron chi connectivity index (χ3n) is 7.43. The zero-order chi connectivity index (χ0) is 30.1. The van der Waals surface area contributed by atoms with Gasteiger partial charge in [0.2, 0.25) is 0 Å². The molecular formula is C31H41FO10. The summed E-state index contributed by atoms with van der Waals surface area (Å²) in [4.78, 5) is 0. The minimum Gasteiger partial charge on any atom is -0.366 e. The largest absolute Gasteiger partial charge is 0.366 e. The number of aryl methyl sites for hydroxylation is 1. The zero-order valence-corrected chi connectivity index (χ0v) is 24.6. The molecule has 0 spiro atoms. The van der Waals surface area contributed by atoms with E-state index in [1.807, 2.05) is 58.9 Å². The Morgan fingerprint density at radius 3 is 1.52 bits per heavy atom. The fraction of sp³-hybridized carbons (Fsp3) is 0.613. The van der Waals surface area contributed by atoms with Gasteiger partial charge in [0.15, 0.2) is 24.2 Å². The molecule has 0 unspecified atom stereocenters. The maximum Gasteiger partial charge on any atom is 0.183 e. The lowest BCUT2D eigenvalue weighted by molar-refractivity contribution is -0.248. The molecule has 2 aromatic carbocycles. The highest BCUT2D eigenvalue weighted by Gasteiger charge is 2.52. The van der Waals surface area contributed by atoms with E-state index >= 15 is 0 Å². The van der Waals surface area contributed by atoms with E-state index in [1.54, 1.807) is 12.1 Å². The predicted octanol–water partition coefficient (Wildman–Crippen LogP) is 3.33. The number of benzene rings is 2. The SMILES string of the molecule is CC1(C)O[C@@H]2[C@@H](OCc3ccc(F)cc3)[C@H](O)OC[C@@H]2O1.Cc1ccc(CO[C@@H]2[C@H]3OC(C)(C)O[C@H]3CO[C@@H]2O)cc1. The molecule has 0 radical (unpaired) electrons. The number of aliphatic hydroxyl groups excluding tert-OH is 2. The Balaban J connectivity index is 0.000000168. The quantitative estimate of drug-likeness (QED) is 0.518. The van der Waals surface area contributed by atoms with Crippen molar-refractivity contribution >= 4 is 0 Å². The van der Waals surface area contributed by atoms with Crippen molar-refractivity contribution in [2.75, 3.05) is 13.2 Å². The fourth-order valence-electron chi connectivity index (χ4n) is 5.45. The molecule has 4 saturated heterocycles. The Hall–Kier alpha value is -2.03. The van der Waals surface area contributed by atoms with Gasteiger partial charge in [0.1, 0.15) is 42.4 Å². The number of aliphatic hydroxyl groups is 2. The van der Waals surface area contributed by atoms with Gasteiger partial charge >= 0.3 is 0 Å². The van der Waals surface area contributed by atoms with Crippen LogP contribution in [0.3, 0.4) is 0 Å². The summed E-state index contributed by atoms with van der Waals surface area (Å²) in [6.07, 6.45) is -4.41. The van der Waals surface area contributed by atoms with Gasteiger partial charge in [-0.05, 0) is 57.9 Å². The smallest absolute Gasteiger partial charge is 0.183 e. The van der Waals surface area contributed by atoms with Crippen LogP contribution in [0, 0.1) is 12.7 Å².